The van der Waals surface area contributed by atoms with E-state index in [1.807, 2.05) is 26.8 Å². The van der Waals surface area contributed by atoms with E-state index >= 15 is 0 Å². The van der Waals surface area contributed by atoms with Gasteiger partial charge in [0.25, 0.3) is 0 Å². The van der Waals surface area contributed by atoms with Crippen LogP contribution in [0.5, 0.6) is 0 Å². The van der Waals surface area contributed by atoms with Crippen LogP contribution in [0.4, 0.5) is 0 Å². The summed E-state index contributed by atoms with van der Waals surface area (Å²) in [6.07, 6.45) is 0.884. The van der Waals surface area contributed by atoms with Gasteiger partial charge in [-0.15, -0.1) is 22.9 Å². The van der Waals surface area contributed by atoms with E-state index in [1.165, 1.54) is 0 Å². The molecule has 0 aromatic carbocycles. The summed E-state index contributed by atoms with van der Waals surface area (Å²) < 4.78 is 2.16. The molecule has 19 heavy (non-hydrogen) atoms. The number of halogens is 1. The molecule has 2 rings (SSSR count). The fourth-order valence-corrected chi connectivity index (χ4v) is 3.04. The number of alkyl halides is 1. The lowest BCUT2D eigenvalue weighted by Gasteiger charge is -2.08. The lowest BCUT2D eigenvalue weighted by molar-refractivity contribution is 0.102. The second-order valence-corrected chi connectivity index (χ2v) is 5.93. The van der Waals surface area contributed by atoms with Crippen LogP contribution in [0.15, 0.2) is 11.4 Å². The van der Waals surface area contributed by atoms with Crippen LogP contribution in [-0.4, -0.2) is 21.2 Å². The minimum Gasteiger partial charge on any atom is -0.348 e. The smallest absolute Gasteiger partial charge is 0.179 e. The lowest BCUT2D eigenvalue weighted by Crippen LogP contribution is -2.07. The highest BCUT2D eigenvalue weighted by molar-refractivity contribution is 7.09. The molecule has 0 aliphatic heterocycles. The van der Waals surface area contributed by atoms with Crippen molar-refractivity contribution in [2.24, 2.45) is 0 Å². The van der Waals surface area contributed by atoms with Gasteiger partial charge in [-0.2, -0.15) is 0 Å². The molecule has 0 unspecified atom stereocenters. The van der Waals surface area contributed by atoms with Gasteiger partial charge in [-0.3, -0.25) is 4.79 Å². The van der Waals surface area contributed by atoms with Crippen LogP contribution in [0.25, 0.3) is 0 Å². The van der Waals surface area contributed by atoms with Crippen molar-refractivity contribution >= 4 is 28.7 Å². The molecule has 3 nitrogen and oxygen atoms in total. The second kappa shape index (κ2) is 5.88. The highest BCUT2D eigenvalue weighted by Gasteiger charge is 2.14. The molecule has 0 aliphatic carbocycles. The number of hydrogen-bond donors (Lipinski definition) is 0. The average molecular weight is 297 g/mol. The summed E-state index contributed by atoms with van der Waals surface area (Å²) in [5.74, 6) is 0.0285. The Morgan fingerprint density at radius 1 is 1.42 bits per heavy atom. The maximum absolute atomic E-state index is 11.7. The zero-order valence-corrected chi connectivity index (χ0v) is 12.9. The summed E-state index contributed by atoms with van der Waals surface area (Å²) in [7, 11) is 0. The number of aryl methyl sites for hydroxylation is 3. The van der Waals surface area contributed by atoms with Gasteiger partial charge in [-0.05, 0) is 26.8 Å². The molecule has 0 radical (unpaired) electrons. The number of thiazole rings is 1. The van der Waals surface area contributed by atoms with E-state index in [0.717, 1.165) is 40.6 Å². The van der Waals surface area contributed by atoms with Gasteiger partial charge in [0.15, 0.2) is 5.78 Å². The maximum Gasteiger partial charge on any atom is 0.179 e. The predicted octanol–water partition coefficient (Wildman–Crippen LogP) is 3.53. The Labute approximate surface area is 122 Å². The Morgan fingerprint density at radius 2 is 2.16 bits per heavy atom. The number of nitrogens with zero attached hydrogens (tertiary/aromatic N) is 2. The molecule has 0 bridgehead atoms. The molecule has 102 valence electrons. The van der Waals surface area contributed by atoms with Crippen LogP contribution in [0.1, 0.15) is 32.4 Å². The van der Waals surface area contributed by atoms with Gasteiger partial charge in [-0.1, -0.05) is 0 Å². The third-order valence-corrected chi connectivity index (χ3v) is 4.32. The Balaban J connectivity index is 2.16. The van der Waals surface area contributed by atoms with Crippen LogP contribution in [0, 0.1) is 20.8 Å². The molecule has 2 heterocycles. The van der Waals surface area contributed by atoms with Crippen molar-refractivity contribution in [2.75, 3.05) is 5.88 Å². The van der Waals surface area contributed by atoms with Crippen molar-refractivity contribution in [1.82, 2.24) is 9.55 Å². The van der Waals surface area contributed by atoms with Gasteiger partial charge in [0.2, 0.25) is 0 Å². The Kier molecular flexibility index (Phi) is 4.42. The van der Waals surface area contributed by atoms with E-state index in [0.29, 0.717) is 0 Å². The number of hydrogen-bond acceptors (Lipinski definition) is 3. The molecule has 0 amide bonds. The number of Topliss-reactive ketones (excluding diaryl/α,β-unsaturated/α-hetero) is 1. The fraction of sp³-hybridized carbons (Fsp3) is 0.429. The van der Waals surface area contributed by atoms with Gasteiger partial charge in [0.1, 0.15) is 0 Å². The molecular weight excluding hydrogens is 280 g/mol. The monoisotopic (exact) mass is 296 g/mol. The van der Waals surface area contributed by atoms with Crippen molar-refractivity contribution in [1.29, 1.82) is 0 Å². The first-order valence-corrected chi connectivity index (χ1v) is 7.61. The SMILES string of the molecule is Cc1nc(CCn2c(C)cc(C(=O)CCl)c2C)cs1. The Morgan fingerprint density at radius 3 is 2.74 bits per heavy atom. The summed E-state index contributed by atoms with van der Waals surface area (Å²) >= 11 is 7.30. The van der Waals surface area contributed by atoms with Crippen LogP contribution >= 0.6 is 22.9 Å². The van der Waals surface area contributed by atoms with Crippen molar-refractivity contribution < 1.29 is 4.79 Å². The molecule has 0 spiro atoms. The fourth-order valence-electron chi connectivity index (χ4n) is 2.25. The number of aromatic nitrogens is 2. The van der Waals surface area contributed by atoms with Crippen LogP contribution in [0.3, 0.4) is 0 Å². The van der Waals surface area contributed by atoms with Crippen molar-refractivity contribution in [2.45, 2.75) is 33.7 Å². The minimum absolute atomic E-state index is 0.00878. The number of rotatable bonds is 5. The summed E-state index contributed by atoms with van der Waals surface area (Å²) in [5.41, 5.74) is 3.94. The first kappa shape index (κ1) is 14.3. The van der Waals surface area contributed by atoms with Gasteiger partial charge in [-0.25, -0.2) is 4.98 Å². The average Bonchev–Trinajstić information content (AvgIpc) is 2.91. The van der Waals surface area contributed by atoms with E-state index in [-0.39, 0.29) is 11.7 Å². The molecule has 0 fully saturated rings. The Hall–Kier alpha value is -1.13. The summed E-state index contributed by atoms with van der Waals surface area (Å²) in [4.78, 5) is 16.2. The van der Waals surface area contributed by atoms with Crippen LogP contribution in [-0.2, 0) is 13.0 Å². The van der Waals surface area contributed by atoms with Gasteiger partial charge >= 0.3 is 0 Å². The number of carbonyl (C=O) groups excluding carboxylic acids is 1. The minimum atomic E-state index is -0.00878. The first-order chi connectivity index (χ1) is 9.02. The van der Waals surface area contributed by atoms with Crippen molar-refractivity contribution in [3.63, 3.8) is 0 Å². The van der Waals surface area contributed by atoms with Gasteiger partial charge in [0.05, 0.1) is 16.6 Å². The largest absolute Gasteiger partial charge is 0.348 e. The zero-order valence-electron chi connectivity index (χ0n) is 11.4. The normalized spacial score (nSPS) is 10.9. The van der Waals surface area contributed by atoms with E-state index in [4.69, 9.17) is 11.6 Å². The molecule has 5 heteroatoms. The molecule has 2 aromatic heterocycles. The zero-order chi connectivity index (χ0) is 14.0. The molecule has 0 N–H and O–H groups in total. The molecule has 2 aromatic rings. The molecule has 0 saturated heterocycles. The Bertz CT molecular complexity index is 601. The third-order valence-electron chi connectivity index (χ3n) is 3.25. The van der Waals surface area contributed by atoms with Crippen molar-refractivity contribution in [3.8, 4) is 0 Å². The van der Waals surface area contributed by atoms with E-state index in [2.05, 4.69) is 14.9 Å². The van der Waals surface area contributed by atoms with E-state index < -0.39 is 0 Å². The summed E-state index contributed by atoms with van der Waals surface area (Å²) in [5, 5.41) is 3.18. The summed E-state index contributed by atoms with van der Waals surface area (Å²) in [6.45, 7) is 6.84. The lowest BCUT2D eigenvalue weighted by atomic mass is 10.2. The van der Waals surface area contributed by atoms with E-state index in [1.54, 1.807) is 11.3 Å². The standard InChI is InChI=1S/C14H17ClN2OS/c1-9-6-13(14(18)7-15)10(2)17(9)5-4-12-8-19-11(3)16-12/h6,8H,4-5,7H2,1-3H3. The van der Waals surface area contributed by atoms with Gasteiger partial charge in [0, 0.05) is 35.3 Å². The first-order valence-electron chi connectivity index (χ1n) is 6.19. The summed E-state index contributed by atoms with van der Waals surface area (Å²) in [6, 6.07) is 1.92. The van der Waals surface area contributed by atoms with Crippen LogP contribution < -0.4 is 0 Å². The quantitative estimate of drug-likeness (QED) is 0.625. The molecule has 0 saturated carbocycles. The molecular formula is C14H17ClN2OS. The number of ketones is 1. The number of carbonyl (C=O) groups is 1. The highest BCUT2D eigenvalue weighted by Crippen LogP contribution is 2.17. The predicted molar refractivity (Wildman–Crippen MR) is 79.5 cm³/mol. The topological polar surface area (TPSA) is 34.9 Å². The maximum atomic E-state index is 11.7. The van der Waals surface area contributed by atoms with Gasteiger partial charge < -0.3 is 4.57 Å². The third kappa shape index (κ3) is 3.07. The van der Waals surface area contributed by atoms with Crippen LogP contribution in [0.2, 0.25) is 0 Å². The second-order valence-electron chi connectivity index (χ2n) is 4.60. The van der Waals surface area contributed by atoms with Crippen molar-refractivity contribution in [3.05, 3.63) is 39.1 Å². The highest BCUT2D eigenvalue weighted by atomic mass is 35.5. The van der Waals surface area contributed by atoms with E-state index in [9.17, 15) is 4.79 Å². The molecule has 0 atom stereocenters. The molecule has 0 aliphatic rings.